The van der Waals surface area contributed by atoms with Crippen LogP contribution in [0.25, 0.3) is 0 Å². The maximum atomic E-state index is 14.0. The molecule has 1 heterocycles. The van der Waals surface area contributed by atoms with Crippen LogP contribution < -0.4 is 4.90 Å². The van der Waals surface area contributed by atoms with Crippen molar-refractivity contribution in [3.63, 3.8) is 0 Å². The third-order valence-corrected chi connectivity index (χ3v) is 7.68. The van der Waals surface area contributed by atoms with Crippen LogP contribution in [0.2, 0.25) is 0 Å². The van der Waals surface area contributed by atoms with Crippen molar-refractivity contribution in [1.29, 1.82) is 0 Å². The lowest BCUT2D eigenvalue weighted by Gasteiger charge is -2.47. The molecule has 0 saturated heterocycles. The lowest BCUT2D eigenvalue weighted by molar-refractivity contribution is -0.206. The highest BCUT2D eigenvalue weighted by atomic mass is 19.4. The van der Waals surface area contributed by atoms with Crippen molar-refractivity contribution < 1.29 is 37.4 Å². The Morgan fingerprint density at radius 2 is 1.66 bits per heavy atom. The highest BCUT2D eigenvalue weighted by Crippen LogP contribution is 2.53. The fourth-order valence-electron chi connectivity index (χ4n) is 6.01. The topological polar surface area (TPSA) is 87.2 Å². The van der Waals surface area contributed by atoms with Gasteiger partial charge in [-0.1, -0.05) is 55.0 Å². The van der Waals surface area contributed by atoms with Crippen molar-refractivity contribution >= 4 is 23.7 Å². The summed E-state index contributed by atoms with van der Waals surface area (Å²) < 4.78 is 47.2. The van der Waals surface area contributed by atoms with Crippen LogP contribution in [0.3, 0.4) is 0 Å². The average molecular weight is 531 g/mol. The van der Waals surface area contributed by atoms with Gasteiger partial charge in [-0.05, 0) is 37.3 Å². The minimum absolute atomic E-state index is 0.0122. The van der Waals surface area contributed by atoms with Gasteiger partial charge >= 0.3 is 18.2 Å². The summed E-state index contributed by atoms with van der Waals surface area (Å²) in [6.07, 6.45) is -5.08. The maximum absolute atomic E-state index is 14.0. The fourth-order valence-corrected chi connectivity index (χ4v) is 6.01. The number of alkyl halides is 3. The van der Waals surface area contributed by atoms with Crippen LogP contribution in [0, 0.1) is 5.92 Å². The van der Waals surface area contributed by atoms with Gasteiger partial charge in [0.1, 0.15) is 0 Å². The number of rotatable bonds is 7. The number of benzene rings is 2. The maximum Gasteiger partial charge on any atom is 0.429 e. The minimum atomic E-state index is -4.80. The Hall–Kier alpha value is -3.56. The first-order valence-corrected chi connectivity index (χ1v) is 12.9. The van der Waals surface area contributed by atoms with Gasteiger partial charge in [-0.25, -0.2) is 4.79 Å². The molecule has 38 heavy (non-hydrogen) atoms. The monoisotopic (exact) mass is 530 g/mol. The van der Waals surface area contributed by atoms with Crippen molar-refractivity contribution in [2.24, 2.45) is 5.92 Å². The number of para-hydroxylation sites is 1. The summed E-state index contributed by atoms with van der Waals surface area (Å²) in [5, 5.41) is 9.12. The number of carbonyl (C=O) groups is 3. The zero-order chi connectivity index (χ0) is 27.0. The van der Waals surface area contributed by atoms with Crippen LogP contribution in [0.4, 0.5) is 23.7 Å². The van der Waals surface area contributed by atoms with E-state index in [0.717, 1.165) is 19.3 Å². The molecule has 2 amide bonds. The number of carboxylic acids is 1. The van der Waals surface area contributed by atoms with Crippen molar-refractivity contribution in [1.82, 2.24) is 4.90 Å². The van der Waals surface area contributed by atoms with Crippen LogP contribution in [0.15, 0.2) is 54.6 Å². The molecular weight excluding hydrogens is 501 g/mol. The summed E-state index contributed by atoms with van der Waals surface area (Å²) in [4.78, 5) is 41.1. The first-order chi connectivity index (χ1) is 18.2. The average Bonchev–Trinajstić information content (AvgIpc) is 3.61. The van der Waals surface area contributed by atoms with Gasteiger partial charge in [0.05, 0.1) is 18.2 Å². The van der Waals surface area contributed by atoms with Gasteiger partial charge in [0.25, 0.3) is 0 Å². The second-order valence-electron chi connectivity index (χ2n) is 10.2. The molecule has 2 aromatic rings. The van der Waals surface area contributed by atoms with E-state index in [1.165, 1.54) is 29.2 Å². The molecule has 2 aliphatic carbocycles. The Labute approximate surface area is 218 Å². The largest absolute Gasteiger partial charge is 0.481 e. The van der Waals surface area contributed by atoms with Gasteiger partial charge in [-0.15, -0.1) is 0 Å². The molecule has 202 valence electrons. The number of aliphatic carboxylic acids is 1. The normalized spacial score (nSPS) is 23.2. The van der Waals surface area contributed by atoms with E-state index in [1.807, 2.05) is 0 Å². The summed E-state index contributed by atoms with van der Waals surface area (Å²) in [7, 11) is 0. The summed E-state index contributed by atoms with van der Waals surface area (Å²) >= 11 is 0. The molecule has 2 fully saturated rings. The molecule has 1 N–H and O–H groups in total. The molecule has 2 aromatic carbocycles. The molecule has 0 radical (unpaired) electrons. The number of anilines is 1. The Morgan fingerprint density at radius 3 is 2.32 bits per heavy atom. The molecule has 0 aromatic heterocycles. The van der Waals surface area contributed by atoms with E-state index in [1.54, 1.807) is 35.2 Å². The van der Waals surface area contributed by atoms with E-state index < -0.39 is 30.4 Å². The number of amides is 2. The molecule has 0 bridgehead atoms. The smallest absolute Gasteiger partial charge is 0.429 e. The minimum Gasteiger partial charge on any atom is -0.481 e. The molecule has 3 aliphatic rings. The molecular formula is C28H29F3N2O5. The molecule has 5 rings (SSSR count). The van der Waals surface area contributed by atoms with E-state index in [4.69, 9.17) is 9.84 Å². The molecule has 10 heteroatoms. The molecule has 4 unspecified atom stereocenters. The summed E-state index contributed by atoms with van der Waals surface area (Å²) in [5.41, 5.74) is 0.936. The Kier molecular flexibility index (Phi) is 7.07. The van der Waals surface area contributed by atoms with E-state index in [-0.39, 0.29) is 42.3 Å². The van der Waals surface area contributed by atoms with Gasteiger partial charge in [-0.3, -0.25) is 14.5 Å². The number of ether oxygens (including phenoxy) is 1. The van der Waals surface area contributed by atoms with Crippen LogP contribution in [-0.4, -0.2) is 46.2 Å². The Bertz CT molecular complexity index is 1200. The van der Waals surface area contributed by atoms with Crippen LogP contribution in [-0.2, 0) is 14.3 Å². The van der Waals surface area contributed by atoms with Gasteiger partial charge in [0.2, 0.25) is 12.0 Å². The number of hydrogen-bond acceptors (Lipinski definition) is 4. The number of hydrogen-bond donors (Lipinski definition) is 1. The van der Waals surface area contributed by atoms with Gasteiger partial charge in [-0.2, -0.15) is 13.2 Å². The zero-order valence-electron chi connectivity index (χ0n) is 20.6. The van der Waals surface area contributed by atoms with Crippen LogP contribution in [0.5, 0.6) is 0 Å². The molecule has 1 aliphatic heterocycles. The van der Waals surface area contributed by atoms with E-state index >= 15 is 0 Å². The van der Waals surface area contributed by atoms with E-state index in [2.05, 4.69) is 0 Å². The second kappa shape index (κ2) is 10.3. The fraction of sp³-hybridized carbons (Fsp3) is 0.464. The third kappa shape index (κ3) is 5.08. The molecule has 2 saturated carbocycles. The molecule has 4 atom stereocenters. The van der Waals surface area contributed by atoms with Crippen molar-refractivity contribution in [3.05, 3.63) is 65.7 Å². The molecule has 7 nitrogen and oxygen atoms in total. The van der Waals surface area contributed by atoms with Crippen LogP contribution in [0.1, 0.15) is 68.2 Å². The molecule has 0 spiro atoms. The third-order valence-electron chi connectivity index (χ3n) is 7.68. The highest BCUT2D eigenvalue weighted by Gasteiger charge is 2.53. The highest BCUT2D eigenvalue weighted by molar-refractivity contribution is 5.91. The number of fused-ring (bicyclic) bond motifs is 2. The standard InChI is InChI=1S/C28H29F3N2O5/c29-28(30,31)26(17-7-2-1-3-8-17)38-27(37)33-21-11-5-4-9-19(21)25(20-10-6-12-22(20)33)32(18-13-14-18)23(34)15-16-24(35)36/h1-5,7-9,11,18,20,22,25-26H,6,10,12-16H2,(H,35,36). The van der Waals surface area contributed by atoms with Crippen LogP contribution >= 0.6 is 0 Å². The predicted molar refractivity (Wildman–Crippen MR) is 131 cm³/mol. The number of carbonyl (C=O) groups excluding carboxylic acids is 2. The SMILES string of the molecule is O=C(O)CCC(=O)N(C1CC1)C1c2ccccc2N(C(=O)OC(c2ccccc2)C(F)(F)F)C2CCCC21. The number of nitrogens with zero attached hydrogens (tertiary/aromatic N) is 2. The van der Waals surface area contributed by atoms with E-state index in [0.29, 0.717) is 24.1 Å². The van der Waals surface area contributed by atoms with Gasteiger partial charge in [0.15, 0.2) is 0 Å². The van der Waals surface area contributed by atoms with Gasteiger partial charge < -0.3 is 14.7 Å². The van der Waals surface area contributed by atoms with E-state index in [9.17, 15) is 27.6 Å². The predicted octanol–water partition coefficient (Wildman–Crippen LogP) is 6.01. The summed E-state index contributed by atoms with van der Waals surface area (Å²) in [5.74, 6) is -1.51. The summed E-state index contributed by atoms with van der Waals surface area (Å²) in [6, 6.07) is 13.2. The summed E-state index contributed by atoms with van der Waals surface area (Å²) in [6.45, 7) is 0. The Morgan fingerprint density at radius 1 is 0.974 bits per heavy atom. The lowest BCUT2D eigenvalue weighted by Crippen LogP contribution is -2.53. The first kappa shape index (κ1) is 26.1. The first-order valence-electron chi connectivity index (χ1n) is 12.9. The second-order valence-corrected chi connectivity index (χ2v) is 10.2. The van der Waals surface area contributed by atoms with Gasteiger partial charge in [0, 0.05) is 30.0 Å². The lowest BCUT2D eigenvalue weighted by atomic mass is 9.81. The Balaban J connectivity index is 1.50. The zero-order valence-corrected chi connectivity index (χ0v) is 20.6. The van der Waals surface area contributed by atoms with Crippen molar-refractivity contribution in [3.8, 4) is 0 Å². The van der Waals surface area contributed by atoms with Crippen molar-refractivity contribution in [2.75, 3.05) is 4.90 Å². The number of carboxylic acid groups (broad SMARTS) is 1. The van der Waals surface area contributed by atoms with Crippen molar-refractivity contribution in [2.45, 2.75) is 75.4 Å². The quantitative estimate of drug-likeness (QED) is 0.474. The number of halogens is 3.